The largest absolute Gasteiger partial charge is 0.480 e. The van der Waals surface area contributed by atoms with E-state index in [1.54, 1.807) is 12.1 Å². The van der Waals surface area contributed by atoms with Crippen LogP contribution in [0.1, 0.15) is 30.1 Å². The van der Waals surface area contributed by atoms with Gasteiger partial charge in [-0.05, 0) is 25.0 Å². The van der Waals surface area contributed by atoms with E-state index in [0.717, 1.165) is 0 Å². The number of carboxylic acid groups (broad SMARTS) is 1. The number of carbonyl (C=O) groups is 3. The second kappa shape index (κ2) is 9.13. The van der Waals surface area contributed by atoms with Crippen LogP contribution in [0.15, 0.2) is 24.3 Å². The molecule has 1 atom stereocenters. The molecule has 0 aliphatic carbocycles. The molecule has 0 aliphatic heterocycles. The summed E-state index contributed by atoms with van der Waals surface area (Å²) < 4.78 is 4.94. The van der Waals surface area contributed by atoms with E-state index in [1.165, 1.54) is 19.1 Å². The van der Waals surface area contributed by atoms with Gasteiger partial charge < -0.3 is 26.2 Å². The van der Waals surface area contributed by atoms with E-state index >= 15 is 0 Å². The lowest BCUT2D eigenvalue weighted by Crippen LogP contribution is -2.41. The van der Waals surface area contributed by atoms with Gasteiger partial charge >= 0.3 is 11.9 Å². The Balaban J connectivity index is 2.73. The topological polar surface area (TPSA) is 155 Å². The first-order chi connectivity index (χ1) is 11.3. The van der Waals surface area contributed by atoms with Crippen LogP contribution in [0.5, 0.6) is 5.75 Å². The molecule has 0 aliphatic rings. The van der Waals surface area contributed by atoms with Crippen LogP contribution in [0.3, 0.4) is 0 Å². The van der Waals surface area contributed by atoms with Crippen molar-refractivity contribution in [3.05, 3.63) is 29.8 Å². The van der Waals surface area contributed by atoms with E-state index in [9.17, 15) is 19.5 Å². The Morgan fingerprint density at radius 1 is 1.33 bits per heavy atom. The molecule has 0 fully saturated rings. The number of aliphatic carboxylic acids is 1. The van der Waals surface area contributed by atoms with Crippen molar-refractivity contribution in [1.82, 2.24) is 10.6 Å². The third kappa shape index (κ3) is 6.34. The minimum atomic E-state index is -1.18. The number of nitrogens with one attached hydrogen (secondary N) is 3. The fourth-order valence-electron chi connectivity index (χ4n) is 1.92. The van der Waals surface area contributed by atoms with E-state index < -0.39 is 23.9 Å². The summed E-state index contributed by atoms with van der Waals surface area (Å²) in [4.78, 5) is 34.6. The van der Waals surface area contributed by atoms with Gasteiger partial charge in [0.2, 0.25) is 0 Å². The van der Waals surface area contributed by atoms with Crippen molar-refractivity contribution in [2.45, 2.75) is 25.8 Å². The summed E-state index contributed by atoms with van der Waals surface area (Å²) in [6, 6.07) is 4.94. The number of carbonyl (C=O) groups excluding carboxylic acids is 2. The standard InChI is InChI=1S/C15H20N4O5/c1-9(20)24-12-7-3-2-5-10(12)13(21)19-11(14(22)23)6-4-8-18-15(16)17/h2-3,5,7,11H,4,6,8H2,1H3,(H,19,21)(H,22,23)(H4,16,17,18). The minimum absolute atomic E-state index is 0.0601. The molecule has 1 unspecified atom stereocenters. The fraction of sp³-hybridized carbons (Fsp3) is 0.333. The highest BCUT2D eigenvalue weighted by Crippen LogP contribution is 2.18. The van der Waals surface area contributed by atoms with Gasteiger partial charge in [0, 0.05) is 13.5 Å². The summed E-state index contributed by atoms with van der Waals surface area (Å²) in [5.41, 5.74) is 5.20. The van der Waals surface area contributed by atoms with Crippen molar-refractivity contribution in [1.29, 1.82) is 5.41 Å². The van der Waals surface area contributed by atoms with Crippen molar-refractivity contribution in [2.24, 2.45) is 5.73 Å². The number of rotatable bonds is 8. The molecule has 0 spiro atoms. The van der Waals surface area contributed by atoms with Crippen LogP contribution in [0.4, 0.5) is 0 Å². The van der Waals surface area contributed by atoms with E-state index in [1.807, 2.05) is 0 Å². The molecule has 0 heterocycles. The normalized spacial score (nSPS) is 11.2. The van der Waals surface area contributed by atoms with E-state index in [0.29, 0.717) is 13.0 Å². The summed E-state index contributed by atoms with van der Waals surface area (Å²) in [6.45, 7) is 1.52. The van der Waals surface area contributed by atoms with E-state index in [2.05, 4.69) is 10.6 Å². The molecule has 24 heavy (non-hydrogen) atoms. The van der Waals surface area contributed by atoms with Crippen LogP contribution in [0.25, 0.3) is 0 Å². The number of carboxylic acids is 1. The molecule has 9 heteroatoms. The molecule has 6 N–H and O–H groups in total. The summed E-state index contributed by atoms with van der Waals surface area (Å²) in [5.74, 6) is -2.57. The zero-order valence-electron chi connectivity index (χ0n) is 13.2. The Hall–Kier alpha value is -3.10. The fourth-order valence-corrected chi connectivity index (χ4v) is 1.92. The number of para-hydroxylation sites is 1. The van der Waals surface area contributed by atoms with Crippen molar-refractivity contribution >= 4 is 23.8 Å². The first-order valence-corrected chi connectivity index (χ1v) is 7.20. The van der Waals surface area contributed by atoms with Crippen LogP contribution < -0.4 is 21.1 Å². The molecule has 1 aromatic carbocycles. The molecule has 1 aromatic rings. The number of nitrogens with two attached hydrogens (primary N) is 1. The number of esters is 1. The van der Waals surface area contributed by atoms with Gasteiger partial charge in [0.25, 0.3) is 5.91 Å². The van der Waals surface area contributed by atoms with Gasteiger partial charge in [0.15, 0.2) is 5.96 Å². The summed E-state index contributed by atoms with van der Waals surface area (Å²) in [7, 11) is 0. The zero-order valence-corrected chi connectivity index (χ0v) is 13.2. The lowest BCUT2D eigenvalue weighted by Gasteiger charge is -2.16. The SMILES string of the molecule is CC(=O)Oc1ccccc1C(=O)NC(CCCNC(=N)N)C(=O)O. The first-order valence-electron chi connectivity index (χ1n) is 7.20. The summed E-state index contributed by atoms with van der Waals surface area (Å²) in [5, 5.41) is 21.2. The third-order valence-corrected chi connectivity index (χ3v) is 2.97. The molecule has 9 nitrogen and oxygen atoms in total. The number of hydrogen-bond donors (Lipinski definition) is 5. The van der Waals surface area contributed by atoms with Crippen LogP contribution >= 0.6 is 0 Å². The number of benzene rings is 1. The highest BCUT2D eigenvalue weighted by atomic mass is 16.5. The van der Waals surface area contributed by atoms with Crippen molar-refractivity contribution < 1.29 is 24.2 Å². The van der Waals surface area contributed by atoms with Gasteiger partial charge in [-0.15, -0.1) is 0 Å². The molecular formula is C15H20N4O5. The Morgan fingerprint density at radius 3 is 2.58 bits per heavy atom. The molecule has 0 radical (unpaired) electrons. The van der Waals surface area contributed by atoms with Crippen molar-refractivity contribution in [3.8, 4) is 5.75 Å². The van der Waals surface area contributed by atoms with Gasteiger partial charge in [-0.2, -0.15) is 0 Å². The van der Waals surface area contributed by atoms with Gasteiger partial charge in [-0.1, -0.05) is 12.1 Å². The zero-order chi connectivity index (χ0) is 18.1. The highest BCUT2D eigenvalue weighted by molar-refractivity contribution is 5.99. The first kappa shape index (κ1) is 18.9. The monoisotopic (exact) mass is 336 g/mol. The summed E-state index contributed by atoms with van der Waals surface area (Å²) >= 11 is 0. The Kier molecular flexibility index (Phi) is 7.21. The van der Waals surface area contributed by atoms with Crippen molar-refractivity contribution in [2.75, 3.05) is 6.54 Å². The quantitative estimate of drug-likeness (QED) is 0.148. The average Bonchev–Trinajstić information content (AvgIpc) is 2.49. The van der Waals surface area contributed by atoms with Crippen LogP contribution in [0.2, 0.25) is 0 Å². The number of amides is 1. The molecule has 1 amide bonds. The van der Waals surface area contributed by atoms with Crippen LogP contribution in [-0.4, -0.2) is 41.5 Å². The molecular weight excluding hydrogens is 316 g/mol. The minimum Gasteiger partial charge on any atom is -0.480 e. The van der Waals surface area contributed by atoms with Gasteiger partial charge in [-0.3, -0.25) is 15.0 Å². The van der Waals surface area contributed by atoms with Crippen LogP contribution in [-0.2, 0) is 9.59 Å². The maximum atomic E-state index is 12.3. The second-order valence-electron chi connectivity index (χ2n) is 4.94. The smallest absolute Gasteiger partial charge is 0.326 e. The molecule has 1 rings (SSSR count). The number of guanidine groups is 1. The molecule has 0 saturated carbocycles. The Morgan fingerprint density at radius 2 is 2.00 bits per heavy atom. The van der Waals surface area contributed by atoms with Gasteiger partial charge in [0.1, 0.15) is 11.8 Å². The highest BCUT2D eigenvalue weighted by Gasteiger charge is 2.22. The number of ether oxygens (including phenoxy) is 1. The van der Waals surface area contributed by atoms with E-state index in [-0.39, 0.29) is 23.7 Å². The Labute approximate surface area is 138 Å². The van der Waals surface area contributed by atoms with E-state index in [4.69, 9.17) is 15.9 Å². The van der Waals surface area contributed by atoms with Gasteiger partial charge in [0.05, 0.1) is 5.56 Å². The predicted molar refractivity (Wildman–Crippen MR) is 85.8 cm³/mol. The van der Waals surface area contributed by atoms with Crippen LogP contribution in [0, 0.1) is 5.41 Å². The molecule has 0 aromatic heterocycles. The maximum absolute atomic E-state index is 12.3. The van der Waals surface area contributed by atoms with Gasteiger partial charge in [-0.25, -0.2) is 4.79 Å². The maximum Gasteiger partial charge on any atom is 0.326 e. The third-order valence-electron chi connectivity index (χ3n) is 2.97. The molecule has 0 saturated heterocycles. The molecule has 0 bridgehead atoms. The molecule has 130 valence electrons. The average molecular weight is 336 g/mol. The Bertz CT molecular complexity index is 632. The predicted octanol–water partition coefficient (Wildman–Crippen LogP) is 0.0582. The lowest BCUT2D eigenvalue weighted by atomic mass is 10.1. The van der Waals surface area contributed by atoms with Crippen molar-refractivity contribution in [3.63, 3.8) is 0 Å². The second-order valence-corrected chi connectivity index (χ2v) is 4.94. The summed E-state index contributed by atoms with van der Waals surface area (Å²) in [6.07, 6.45) is 0.541. The lowest BCUT2D eigenvalue weighted by molar-refractivity contribution is -0.139. The number of hydrogen-bond acceptors (Lipinski definition) is 5.